The van der Waals surface area contributed by atoms with Gasteiger partial charge < -0.3 is 0 Å². The van der Waals surface area contributed by atoms with Crippen LogP contribution in [-0.2, 0) is 6.42 Å². The minimum Gasteiger partial charge on any atom is -0.0928 e. The van der Waals surface area contributed by atoms with E-state index in [0.717, 1.165) is 10.7 Å². The molecule has 0 N–H and O–H groups in total. The van der Waals surface area contributed by atoms with Gasteiger partial charge in [-0.25, -0.2) is 0 Å². The fourth-order valence-electron chi connectivity index (χ4n) is 4.59. The van der Waals surface area contributed by atoms with Gasteiger partial charge in [0.15, 0.2) is 0 Å². The molecule has 0 fully saturated rings. The van der Waals surface area contributed by atoms with E-state index >= 15 is 0 Å². The molecule has 0 radical (unpaired) electrons. The first-order chi connectivity index (χ1) is 14.2. The van der Waals surface area contributed by atoms with Crippen LogP contribution in [-0.4, -0.2) is 10.7 Å². The average Bonchev–Trinajstić information content (AvgIpc) is 3.02. The molecular formula is C25H30Br4. The Bertz CT molecular complexity index is 800. The Morgan fingerprint density at radius 3 is 2.07 bits per heavy atom. The van der Waals surface area contributed by atoms with E-state index < -0.39 is 0 Å². The molecule has 0 spiro atoms. The van der Waals surface area contributed by atoms with Crippen LogP contribution >= 0.6 is 63.7 Å². The van der Waals surface area contributed by atoms with Gasteiger partial charge in [-0.15, -0.1) is 0 Å². The van der Waals surface area contributed by atoms with Gasteiger partial charge in [0.1, 0.15) is 0 Å². The van der Waals surface area contributed by atoms with Crippen LogP contribution < -0.4 is 0 Å². The highest BCUT2D eigenvalue weighted by atomic mass is 79.9. The Morgan fingerprint density at radius 2 is 1.34 bits per heavy atom. The fraction of sp³-hybridized carbons (Fsp3) is 0.520. The van der Waals surface area contributed by atoms with Gasteiger partial charge in [-0.05, 0) is 78.1 Å². The van der Waals surface area contributed by atoms with Crippen molar-refractivity contribution in [3.63, 3.8) is 0 Å². The molecule has 29 heavy (non-hydrogen) atoms. The third-order valence-corrected chi connectivity index (χ3v) is 8.37. The van der Waals surface area contributed by atoms with E-state index in [0.29, 0.717) is 5.92 Å². The minimum atomic E-state index is 0.538. The molecule has 2 aromatic rings. The zero-order chi connectivity index (χ0) is 20.6. The van der Waals surface area contributed by atoms with Gasteiger partial charge in [0.05, 0.1) is 0 Å². The summed E-state index contributed by atoms with van der Waals surface area (Å²) in [6.45, 7) is 0. The Hall–Kier alpha value is 0.360. The molecule has 3 rings (SSSR count). The Morgan fingerprint density at radius 1 is 0.690 bits per heavy atom. The van der Waals surface area contributed by atoms with E-state index in [1.54, 1.807) is 11.1 Å². The lowest BCUT2D eigenvalue weighted by atomic mass is 9.87. The van der Waals surface area contributed by atoms with Crippen LogP contribution in [0.15, 0.2) is 39.3 Å². The Balaban J connectivity index is 1.85. The van der Waals surface area contributed by atoms with Gasteiger partial charge in [0.25, 0.3) is 0 Å². The summed E-state index contributed by atoms with van der Waals surface area (Å²) in [4.78, 5) is 0. The molecule has 1 unspecified atom stereocenters. The van der Waals surface area contributed by atoms with Gasteiger partial charge >= 0.3 is 0 Å². The molecule has 0 saturated heterocycles. The van der Waals surface area contributed by atoms with Crippen molar-refractivity contribution in [2.45, 2.75) is 70.1 Å². The third kappa shape index (κ3) is 6.20. The molecule has 0 aliphatic heterocycles. The van der Waals surface area contributed by atoms with Gasteiger partial charge in [0, 0.05) is 25.5 Å². The summed E-state index contributed by atoms with van der Waals surface area (Å²) in [5.74, 6) is 0.538. The topological polar surface area (TPSA) is 0 Å². The number of fused-ring (bicyclic) bond motifs is 3. The van der Waals surface area contributed by atoms with E-state index in [4.69, 9.17) is 0 Å². The van der Waals surface area contributed by atoms with E-state index in [1.807, 2.05) is 0 Å². The number of hydrogen-bond acceptors (Lipinski definition) is 0. The molecule has 0 amide bonds. The van der Waals surface area contributed by atoms with Crippen LogP contribution in [0.4, 0.5) is 0 Å². The van der Waals surface area contributed by atoms with Crippen LogP contribution in [0.1, 0.15) is 80.4 Å². The number of rotatable bonds is 12. The molecular weight excluding hydrogens is 620 g/mol. The van der Waals surface area contributed by atoms with Crippen molar-refractivity contribution < 1.29 is 0 Å². The molecule has 4 heteroatoms. The predicted molar refractivity (Wildman–Crippen MR) is 142 cm³/mol. The normalized spacial score (nSPS) is 14.8. The maximum Gasteiger partial charge on any atom is 0.0210 e. The monoisotopic (exact) mass is 646 g/mol. The Labute approximate surface area is 210 Å². The Kier molecular flexibility index (Phi) is 10.3. The molecule has 0 aromatic heterocycles. The summed E-state index contributed by atoms with van der Waals surface area (Å²) in [6, 6.07) is 11.5. The standard InChI is InChI=1S/C25H30Br4/c26-15-7-3-1-5-9-20-23-17-18(28)11-12-19(23)21-13-14-24(29)22(25(20)21)10-6-2-4-8-16-27/h11-14,17,20H,1-10,15-16H2. The summed E-state index contributed by atoms with van der Waals surface area (Å²) in [5.41, 5.74) is 7.60. The predicted octanol–water partition coefficient (Wildman–Crippen LogP) is 10.2. The smallest absolute Gasteiger partial charge is 0.0210 e. The lowest BCUT2D eigenvalue weighted by Gasteiger charge is -2.19. The van der Waals surface area contributed by atoms with Crippen molar-refractivity contribution in [2.75, 3.05) is 10.7 Å². The molecule has 0 heterocycles. The lowest BCUT2D eigenvalue weighted by molar-refractivity contribution is 0.598. The van der Waals surface area contributed by atoms with Gasteiger partial charge in [-0.1, -0.05) is 108 Å². The number of hydrogen-bond donors (Lipinski definition) is 0. The van der Waals surface area contributed by atoms with Crippen molar-refractivity contribution >= 4 is 63.7 Å². The first-order valence-electron chi connectivity index (χ1n) is 10.9. The SMILES string of the molecule is BrCCCCCCc1c(Br)ccc2c1C(CCCCCCBr)c1cc(Br)ccc1-2. The zero-order valence-corrected chi connectivity index (χ0v) is 23.3. The highest BCUT2D eigenvalue weighted by Gasteiger charge is 2.31. The second-order valence-corrected chi connectivity index (χ2v) is 11.4. The van der Waals surface area contributed by atoms with Crippen LogP contribution in [0.25, 0.3) is 11.1 Å². The molecule has 158 valence electrons. The van der Waals surface area contributed by atoms with E-state index in [1.165, 1.54) is 89.8 Å². The first-order valence-corrected chi connectivity index (χ1v) is 14.7. The van der Waals surface area contributed by atoms with Crippen molar-refractivity contribution in [3.05, 3.63) is 56.0 Å². The molecule has 0 saturated carbocycles. The molecule has 1 aliphatic rings. The molecule has 0 nitrogen and oxygen atoms in total. The maximum atomic E-state index is 3.90. The molecule has 1 aliphatic carbocycles. The summed E-state index contributed by atoms with van der Waals surface area (Å²) in [6.07, 6.45) is 12.9. The zero-order valence-electron chi connectivity index (χ0n) is 17.0. The fourth-order valence-corrected chi connectivity index (χ4v) is 6.31. The quantitative estimate of drug-likeness (QED) is 0.159. The largest absolute Gasteiger partial charge is 0.0928 e. The highest BCUT2D eigenvalue weighted by molar-refractivity contribution is 9.11. The van der Waals surface area contributed by atoms with Crippen molar-refractivity contribution in [1.29, 1.82) is 0 Å². The summed E-state index contributed by atoms with van der Waals surface area (Å²) in [7, 11) is 0. The van der Waals surface area contributed by atoms with Crippen molar-refractivity contribution in [2.24, 2.45) is 0 Å². The van der Waals surface area contributed by atoms with Crippen molar-refractivity contribution in [1.82, 2.24) is 0 Å². The number of halogens is 4. The molecule has 0 bridgehead atoms. The summed E-state index contributed by atoms with van der Waals surface area (Å²) in [5, 5.41) is 2.25. The second kappa shape index (κ2) is 12.4. The third-order valence-electron chi connectivity index (χ3n) is 6.01. The minimum absolute atomic E-state index is 0.538. The van der Waals surface area contributed by atoms with Crippen molar-refractivity contribution in [3.8, 4) is 11.1 Å². The first kappa shape index (κ1) is 24.0. The second-order valence-electron chi connectivity index (χ2n) is 8.02. The van der Waals surface area contributed by atoms with Gasteiger partial charge in [0.2, 0.25) is 0 Å². The maximum absolute atomic E-state index is 3.90. The molecule has 1 atom stereocenters. The van der Waals surface area contributed by atoms with Crippen LogP contribution in [0.5, 0.6) is 0 Å². The summed E-state index contributed by atoms with van der Waals surface area (Å²) >= 11 is 14.7. The number of alkyl halides is 2. The van der Waals surface area contributed by atoms with Crippen LogP contribution in [0.3, 0.4) is 0 Å². The van der Waals surface area contributed by atoms with E-state index in [2.05, 4.69) is 94.1 Å². The van der Waals surface area contributed by atoms with Crippen LogP contribution in [0, 0.1) is 0 Å². The van der Waals surface area contributed by atoms with E-state index in [-0.39, 0.29) is 0 Å². The average molecular weight is 650 g/mol. The highest BCUT2D eigenvalue weighted by Crippen LogP contribution is 2.50. The number of unbranched alkanes of at least 4 members (excludes halogenated alkanes) is 6. The number of benzene rings is 2. The lowest BCUT2D eigenvalue weighted by Crippen LogP contribution is -2.03. The van der Waals surface area contributed by atoms with Crippen LogP contribution in [0.2, 0.25) is 0 Å². The van der Waals surface area contributed by atoms with Gasteiger partial charge in [-0.2, -0.15) is 0 Å². The van der Waals surface area contributed by atoms with Gasteiger partial charge in [-0.3, -0.25) is 0 Å². The summed E-state index contributed by atoms with van der Waals surface area (Å²) < 4.78 is 2.50. The van der Waals surface area contributed by atoms with E-state index in [9.17, 15) is 0 Å². The molecule has 2 aromatic carbocycles.